The summed E-state index contributed by atoms with van der Waals surface area (Å²) in [5, 5.41) is 10.00. The summed E-state index contributed by atoms with van der Waals surface area (Å²) in [6, 6.07) is 13.2. The van der Waals surface area contributed by atoms with Crippen LogP contribution in [-0.4, -0.2) is 5.11 Å². The van der Waals surface area contributed by atoms with Gasteiger partial charge in [-0.1, -0.05) is 36.7 Å². The highest BCUT2D eigenvalue weighted by molar-refractivity contribution is 6.32. The van der Waals surface area contributed by atoms with Crippen LogP contribution in [0.5, 0.6) is 11.5 Å². The van der Waals surface area contributed by atoms with Gasteiger partial charge in [0, 0.05) is 0 Å². The second-order valence-corrected chi connectivity index (χ2v) is 4.88. The Balaban J connectivity index is 2.23. The zero-order chi connectivity index (χ0) is 13.8. The van der Waals surface area contributed by atoms with Gasteiger partial charge in [0.05, 0.1) is 11.1 Å². The van der Waals surface area contributed by atoms with Gasteiger partial charge in [-0.15, -0.1) is 0 Å². The molecule has 0 bridgehead atoms. The van der Waals surface area contributed by atoms with Crippen molar-refractivity contribution in [1.82, 2.24) is 0 Å². The second kappa shape index (κ2) is 6.09. The van der Waals surface area contributed by atoms with Crippen LogP contribution in [-0.2, 0) is 6.42 Å². The van der Waals surface area contributed by atoms with Crippen molar-refractivity contribution in [1.29, 1.82) is 0 Å². The quantitative estimate of drug-likeness (QED) is 0.873. The van der Waals surface area contributed by atoms with Gasteiger partial charge in [-0.05, 0) is 48.7 Å². The highest BCUT2D eigenvalue weighted by Gasteiger charge is 2.07. The molecule has 19 heavy (non-hydrogen) atoms. The summed E-state index contributed by atoms with van der Waals surface area (Å²) in [7, 11) is 0. The lowest BCUT2D eigenvalue weighted by Crippen LogP contribution is -1.92. The number of halogens is 1. The maximum Gasteiger partial charge on any atom is 0.146 e. The van der Waals surface area contributed by atoms with Gasteiger partial charge >= 0.3 is 0 Å². The molecule has 0 aliphatic carbocycles. The van der Waals surface area contributed by atoms with E-state index in [4.69, 9.17) is 16.3 Å². The monoisotopic (exact) mass is 276 g/mol. The summed E-state index contributed by atoms with van der Waals surface area (Å²) in [5.41, 5.74) is 1.99. The molecule has 0 unspecified atom stereocenters. The molecule has 0 fully saturated rings. The number of aryl methyl sites for hydroxylation is 1. The number of aliphatic hydroxyl groups excluding tert-OH is 1. The first-order valence-corrected chi connectivity index (χ1v) is 6.72. The maximum absolute atomic E-state index is 9.50. The van der Waals surface area contributed by atoms with Crippen molar-refractivity contribution in [2.24, 2.45) is 0 Å². The molecule has 2 aromatic carbocycles. The summed E-state index contributed by atoms with van der Waals surface area (Å²) in [6.07, 6.45) is 0.432. The molecule has 0 saturated heterocycles. The SMILES string of the molecule is CCc1cccc(Oc2ccc([C@@H](C)O)cc2Cl)c1. The number of hydrogen-bond donors (Lipinski definition) is 1. The van der Waals surface area contributed by atoms with Crippen molar-refractivity contribution in [3.05, 3.63) is 58.6 Å². The molecule has 0 heterocycles. The van der Waals surface area contributed by atoms with Crippen LogP contribution in [0.4, 0.5) is 0 Å². The summed E-state index contributed by atoms with van der Waals surface area (Å²) >= 11 is 6.16. The van der Waals surface area contributed by atoms with E-state index in [0.29, 0.717) is 10.8 Å². The van der Waals surface area contributed by atoms with Gasteiger partial charge in [0.15, 0.2) is 0 Å². The Hall–Kier alpha value is -1.51. The van der Waals surface area contributed by atoms with E-state index in [1.54, 1.807) is 19.1 Å². The zero-order valence-corrected chi connectivity index (χ0v) is 11.8. The third-order valence-corrected chi connectivity index (χ3v) is 3.27. The Labute approximate surface area is 118 Å². The summed E-state index contributed by atoms with van der Waals surface area (Å²) in [6.45, 7) is 3.81. The van der Waals surface area contributed by atoms with E-state index in [1.807, 2.05) is 24.3 Å². The van der Waals surface area contributed by atoms with Gasteiger partial charge in [0.1, 0.15) is 11.5 Å². The van der Waals surface area contributed by atoms with Crippen molar-refractivity contribution < 1.29 is 9.84 Å². The Kier molecular flexibility index (Phi) is 4.46. The molecule has 0 spiro atoms. The van der Waals surface area contributed by atoms with Crippen LogP contribution in [0.2, 0.25) is 5.02 Å². The molecule has 3 heteroatoms. The minimum atomic E-state index is -0.532. The van der Waals surface area contributed by atoms with E-state index in [1.165, 1.54) is 5.56 Å². The lowest BCUT2D eigenvalue weighted by atomic mass is 10.1. The average Bonchev–Trinajstić information content (AvgIpc) is 2.41. The molecule has 100 valence electrons. The molecule has 0 aliphatic rings. The van der Waals surface area contributed by atoms with Crippen LogP contribution in [0.25, 0.3) is 0 Å². The van der Waals surface area contributed by atoms with E-state index in [-0.39, 0.29) is 0 Å². The molecule has 0 radical (unpaired) electrons. The maximum atomic E-state index is 9.50. The highest BCUT2D eigenvalue weighted by Crippen LogP contribution is 2.31. The molecule has 0 saturated carbocycles. The van der Waals surface area contributed by atoms with Gasteiger partial charge in [-0.3, -0.25) is 0 Å². The molecule has 2 nitrogen and oxygen atoms in total. The van der Waals surface area contributed by atoms with E-state index in [2.05, 4.69) is 13.0 Å². The fourth-order valence-electron chi connectivity index (χ4n) is 1.82. The van der Waals surface area contributed by atoms with Gasteiger partial charge < -0.3 is 9.84 Å². The number of aliphatic hydroxyl groups is 1. The zero-order valence-electron chi connectivity index (χ0n) is 11.1. The van der Waals surface area contributed by atoms with Crippen molar-refractivity contribution in [2.45, 2.75) is 26.4 Å². The first-order valence-electron chi connectivity index (χ1n) is 6.34. The smallest absolute Gasteiger partial charge is 0.146 e. The van der Waals surface area contributed by atoms with Gasteiger partial charge in [-0.2, -0.15) is 0 Å². The van der Waals surface area contributed by atoms with Crippen molar-refractivity contribution in [3.8, 4) is 11.5 Å². The number of ether oxygens (including phenoxy) is 1. The van der Waals surface area contributed by atoms with Crippen LogP contribution < -0.4 is 4.74 Å². The molecule has 1 atom stereocenters. The lowest BCUT2D eigenvalue weighted by molar-refractivity contribution is 0.199. The van der Waals surface area contributed by atoms with Crippen molar-refractivity contribution in [3.63, 3.8) is 0 Å². The molecule has 0 amide bonds. The first-order chi connectivity index (χ1) is 9.10. The normalized spacial score (nSPS) is 12.2. The van der Waals surface area contributed by atoms with E-state index < -0.39 is 6.10 Å². The Morgan fingerprint density at radius 3 is 2.63 bits per heavy atom. The largest absolute Gasteiger partial charge is 0.456 e. The predicted molar refractivity (Wildman–Crippen MR) is 78.0 cm³/mol. The summed E-state index contributed by atoms with van der Waals surface area (Å²) in [5.74, 6) is 1.37. The molecule has 2 aromatic rings. The van der Waals surface area contributed by atoms with Crippen molar-refractivity contribution >= 4 is 11.6 Å². The third-order valence-electron chi connectivity index (χ3n) is 2.97. The molecular formula is C16H17ClO2. The fraction of sp³-hybridized carbons (Fsp3) is 0.250. The number of benzene rings is 2. The fourth-order valence-corrected chi connectivity index (χ4v) is 2.04. The van der Waals surface area contributed by atoms with E-state index in [9.17, 15) is 5.11 Å². The van der Waals surface area contributed by atoms with Gasteiger partial charge in [0.25, 0.3) is 0 Å². The predicted octanol–water partition coefficient (Wildman–Crippen LogP) is 4.75. The van der Waals surface area contributed by atoms with Crippen LogP contribution in [0.15, 0.2) is 42.5 Å². The highest BCUT2D eigenvalue weighted by atomic mass is 35.5. The van der Waals surface area contributed by atoms with E-state index in [0.717, 1.165) is 17.7 Å². The first kappa shape index (κ1) is 13.9. The van der Waals surface area contributed by atoms with Gasteiger partial charge in [0.2, 0.25) is 0 Å². The van der Waals surface area contributed by atoms with Crippen LogP contribution in [0.3, 0.4) is 0 Å². The van der Waals surface area contributed by atoms with Crippen LogP contribution in [0.1, 0.15) is 31.1 Å². The third kappa shape index (κ3) is 3.49. The Morgan fingerprint density at radius 1 is 1.21 bits per heavy atom. The number of rotatable bonds is 4. The van der Waals surface area contributed by atoms with E-state index >= 15 is 0 Å². The van der Waals surface area contributed by atoms with Crippen molar-refractivity contribution in [2.75, 3.05) is 0 Å². The molecule has 0 aromatic heterocycles. The minimum Gasteiger partial charge on any atom is -0.456 e. The standard InChI is InChI=1S/C16H17ClO2/c1-3-12-5-4-6-14(9-12)19-16-8-7-13(11(2)18)10-15(16)17/h4-11,18H,3H2,1-2H3/t11-/m1/s1. The Bertz CT molecular complexity index is 564. The average molecular weight is 277 g/mol. The topological polar surface area (TPSA) is 29.5 Å². The van der Waals surface area contributed by atoms with Crippen LogP contribution in [0, 0.1) is 0 Å². The summed E-state index contributed by atoms with van der Waals surface area (Å²) in [4.78, 5) is 0. The van der Waals surface area contributed by atoms with Gasteiger partial charge in [-0.25, -0.2) is 0 Å². The second-order valence-electron chi connectivity index (χ2n) is 4.47. The molecule has 1 N–H and O–H groups in total. The number of hydrogen-bond acceptors (Lipinski definition) is 2. The summed E-state index contributed by atoms with van der Waals surface area (Å²) < 4.78 is 5.77. The lowest BCUT2D eigenvalue weighted by Gasteiger charge is -2.11. The molecule has 2 rings (SSSR count). The molecule has 0 aliphatic heterocycles. The minimum absolute atomic E-state index is 0.500. The Morgan fingerprint density at radius 2 is 2.00 bits per heavy atom. The molecular weight excluding hydrogens is 260 g/mol. The van der Waals surface area contributed by atoms with Crippen LogP contribution >= 0.6 is 11.6 Å².